The third kappa shape index (κ3) is 1.71. The largest absolute Gasteiger partial charge is 0.456 e. The normalized spacial score (nSPS) is 12.2. The van der Waals surface area contributed by atoms with Crippen molar-refractivity contribution in [3.8, 4) is 0 Å². The molecular formula is C24H16O2. The molecule has 0 unspecified atom stereocenters. The first-order valence-electron chi connectivity index (χ1n) is 8.86. The van der Waals surface area contributed by atoms with Crippen LogP contribution in [0.1, 0.15) is 11.1 Å². The van der Waals surface area contributed by atoms with Crippen molar-refractivity contribution >= 4 is 54.6 Å². The molecule has 0 fully saturated rings. The Hall–Kier alpha value is -3.26. The topological polar surface area (TPSA) is 26.3 Å². The van der Waals surface area contributed by atoms with Gasteiger partial charge in [-0.15, -0.1) is 0 Å². The minimum atomic E-state index is 0.932. The van der Waals surface area contributed by atoms with Crippen molar-refractivity contribution in [1.82, 2.24) is 0 Å². The maximum atomic E-state index is 6.09. The highest BCUT2D eigenvalue weighted by molar-refractivity contribution is 6.27. The molecule has 0 saturated heterocycles. The third-order valence-corrected chi connectivity index (χ3v) is 5.37. The van der Waals surface area contributed by atoms with Crippen LogP contribution < -0.4 is 0 Å². The molecule has 124 valence electrons. The Kier molecular flexibility index (Phi) is 2.51. The van der Waals surface area contributed by atoms with Crippen LogP contribution in [0.5, 0.6) is 0 Å². The number of rotatable bonds is 0. The Morgan fingerprint density at radius 2 is 0.885 bits per heavy atom. The third-order valence-electron chi connectivity index (χ3n) is 5.37. The highest BCUT2D eigenvalue weighted by Gasteiger charge is 2.15. The molecule has 0 radical (unpaired) electrons. The van der Waals surface area contributed by atoms with E-state index in [4.69, 9.17) is 8.83 Å². The van der Waals surface area contributed by atoms with Crippen molar-refractivity contribution in [2.75, 3.05) is 0 Å². The number of benzene rings is 4. The summed E-state index contributed by atoms with van der Waals surface area (Å²) in [6.45, 7) is 4.24. The SMILES string of the molecule is Cc1ccc2oc3ccc4c(ccc5oc6ccc(C)cc6c54)c3c2c1. The molecule has 2 heterocycles. The van der Waals surface area contributed by atoms with E-state index in [0.29, 0.717) is 0 Å². The molecule has 6 rings (SSSR count). The van der Waals surface area contributed by atoms with Gasteiger partial charge in [-0.05, 0) is 73.2 Å². The van der Waals surface area contributed by atoms with Gasteiger partial charge in [-0.25, -0.2) is 0 Å². The summed E-state index contributed by atoms with van der Waals surface area (Å²) in [4.78, 5) is 0. The number of fused-ring (bicyclic) bond motifs is 9. The Balaban J connectivity index is 1.90. The lowest BCUT2D eigenvalue weighted by molar-refractivity contribution is 0.668. The van der Waals surface area contributed by atoms with Crippen molar-refractivity contribution in [3.63, 3.8) is 0 Å². The van der Waals surface area contributed by atoms with Crippen LogP contribution in [-0.4, -0.2) is 0 Å². The van der Waals surface area contributed by atoms with Gasteiger partial charge in [-0.1, -0.05) is 23.3 Å². The van der Waals surface area contributed by atoms with Gasteiger partial charge < -0.3 is 8.83 Å². The van der Waals surface area contributed by atoms with Crippen LogP contribution in [0.25, 0.3) is 54.6 Å². The fraction of sp³-hybridized carbons (Fsp3) is 0.0833. The van der Waals surface area contributed by atoms with E-state index in [2.05, 4.69) is 74.5 Å². The zero-order valence-corrected chi connectivity index (χ0v) is 14.6. The van der Waals surface area contributed by atoms with E-state index in [-0.39, 0.29) is 0 Å². The van der Waals surface area contributed by atoms with Crippen molar-refractivity contribution < 1.29 is 8.83 Å². The van der Waals surface area contributed by atoms with Gasteiger partial charge in [0.05, 0.1) is 0 Å². The van der Waals surface area contributed by atoms with Crippen molar-refractivity contribution in [1.29, 1.82) is 0 Å². The average molecular weight is 336 g/mol. The molecule has 6 aromatic rings. The van der Waals surface area contributed by atoms with Crippen LogP contribution in [0.3, 0.4) is 0 Å². The molecule has 2 aromatic heterocycles. The molecule has 0 aliphatic carbocycles. The first-order chi connectivity index (χ1) is 12.7. The van der Waals surface area contributed by atoms with Crippen LogP contribution in [0.4, 0.5) is 0 Å². The van der Waals surface area contributed by atoms with E-state index in [1.54, 1.807) is 0 Å². The number of hydrogen-bond acceptors (Lipinski definition) is 2. The van der Waals surface area contributed by atoms with Crippen molar-refractivity contribution in [2.45, 2.75) is 13.8 Å². The lowest BCUT2D eigenvalue weighted by atomic mass is 9.99. The highest BCUT2D eigenvalue weighted by atomic mass is 16.3. The molecule has 0 bridgehead atoms. The summed E-state index contributed by atoms with van der Waals surface area (Å²) in [6.07, 6.45) is 0. The predicted octanol–water partition coefficient (Wildman–Crippen LogP) is 7.26. The second-order valence-corrected chi connectivity index (χ2v) is 7.18. The predicted molar refractivity (Wildman–Crippen MR) is 108 cm³/mol. The molecule has 0 N–H and O–H groups in total. The van der Waals surface area contributed by atoms with Gasteiger partial charge in [0.1, 0.15) is 22.3 Å². The first-order valence-corrected chi connectivity index (χ1v) is 8.86. The number of furan rings is 2. The van der Waals surface area contributed by atoms with Gasteiger partial charge in [0.25, 0.3) is 0 Å². The van der Waals surface area contributed by atoms with E-state index in [9.17, 15) is 0 Å². The summed E-state index contributed by atoms with van der Waals surface area (Å²) in [7, 11) is 0. The summed E-state index contributed by atoms with van der Waals surface area (Å²) in [5.41, 5.74) is 6.21. The van der Waals surface area contributed by atoms with Crippen LogP contribution in [-0.2, 0) is 0 Å². The Labute approximate surface area is 149 Å². The minimum absolute atomic E-state index is 0.932. The lowest BCUT2D eigenvalue weighted by Crippen LogP contribution is -1.78. The standard InChI is InChI=1S/C24H16O2/c1-13-3-7-19-17(11-13)23-15-5-10-22-24(16(15)6-9-21(23)25-19)18-12-14(2)4-8-20(18)26-22/h3-12H,1-2H3. The fourth-order valence-electron chi connectivity index (χ4n) is 4.18. The van der Waals surface area contributed by atoms with Gasteiger partial charge in [-0.2, -0.15) is 0 Å². The molecule has 0 amide bonds. The molecule has 0 saturated carbocycles. The van der Waals surface area contributed by atoms with Crippen molar-refractivity contribution in [2.24, 2.45) is 0 Å². The fourth-order valence-corrected chi connectivity index (χ4v) is 4.18. The van der Waals surface area contributed by atoms with Gasteiger partial charge in [-0.3, -0.25) is 0 Å². The first kappa shape index (κ1) is 14.0. The average Bonchev–Trinajstić information content (AvgIpc) is 3.19. The summed E-state index contributed by atoms with van der Waals surface area (Å²) >= 11 is 0. The molecule has 0 spiro atoms. The number of aryl methyl sites for hydroxylation is 2. The molecule has 0 aliphatic heterocycles. The maximum Gasteiger partial charge on any atom is 0.136 e. The van der Waals surface area contributed by atoms with E-state index in [1.807, 2.05) is 0 Å². The smallest absolute Gasteiger partial charge is 0.136 e. The molecule has 26 heavy (non-hydrogen) atoms. The van der Waals surface area contributed by atoms with E-state index >= 15 is 0 Å². The quantitative estimate of drug-likeness (QED) is 0.292. The van der Waals surface area contributed by atoms with E-state index in [1.165, 1.54) is 43.4 Å². The Morgan fingerprint density at radius 3 is 1.35 bits per heavy atom. The summed E-state index contributed by atoms with van der Waals surface area (Å²) < 4.78 is 12.2. The Morgan fingerprint density at radius 1 is 0.462 bits per heavy atom. The summed E-state index contributed by atoms with van der Waals surface area (Å²) in [6, 6.07) is 21.2. The van der Waals surface area contributed by atoms with Crippen LogP contribution in [0, 0.1) is 13.8 Å². The maximum absolute atomic E-state index is 6.09. The van der Waals surface area contributed by atoms with Gasteiger partial charge in [0, 0.05) is 21.5 Å². The van der Waals surface area contributed by atoms with Crippen LogP contribution in [0.2, 0.25) is 0 Å². The van der Waals surface area contributed by atoms with Crippen LogP contribution >= 0.6 is 0 Å². The summed E-state index contributed by atoms with van der Waals surface area (Å²) in [5, 5.41) is 7.14. The van der Waals surface area contributed by atoms with E-state index < -0.39 is 0 Å². The molecule has 4 aromatic carbocycles. The second kappa shape index (κ2) is 4.67. The monoisotopic (exact) mass is 336 g/mol. The van der Waals surface area contributed by atoms with Crippen LogP contribution in [0.15, 0.2) is 69.5 Å². The zero-order chi connectivity index (χ0) is 17.4. The summed E-state index contributed by atoms with van der Waals surface area (Å²) in [5.74, 6) is 0. The van der Waals surface area contributed by atoms with E-state index in [0.717, 1.165) is 22.3 Å². The highest BCUT2D eigenvalue weighted by Crippen LogP contribution is 2.40. The molecule has 2 heteroatoms. The Bertz CT molecular complexity index is 1380. The molecule has 2 nitrogen and oxygen atoms in total. The molecule has 0 aliphatic rings. The molecule has 0 atom stereocenters. The van der Waals surface area contributed by atoms with Gasteiger partial charge in [0.2, 0.25) is 0 Å². The van der Waals surface area contributed by atoms with Gasteiger partial charge in [0.15, 0.2) is 0 Å². The number of hydrogen-bond donors (Lipinski definition) is 0. The van der Waals surface area contributed by atoms with Gasteiger partial charge >= 0.3 is 0 Å². The molecular weight excluding hydrogens is 320 g/mol. The second-order valence-electron chi connectivity index (χ2n) is 7.18. The zero-order valence-electron chi connectivity index (χ0n) is 14.6. The lowest BCUT2D eigenvalue weighted by Gasteiger charge is -2.02. The van der Waals surface area contributed by atoms with Crippen molar-refractivity contribution in [3.05, 3.63) is 71.8 Å². The minimum Gasteiger partial charge on any atom is -0.456 e.